The number of hydrogen-bond acceptors (Lipinski definition) is 2. The summed E-state index contributed by atoms with van der Waals surface area (Å²) in [5, 5.41) is 3.09. The zero-order valence-corrected chi connectivity index (χ0v) is 14.4. The largest absolute Gasteiger partial charge is 0.496 e. The Hall–Kier alpha value is -1.81. The van der Waals surface area contributed by atoms with Crippen molar-refractivity contribution in [3.63, 3.8) is 0 Å². The highest BCUT2D eigenvalue weighted by Crippen LogP contribution is 2.21. The number of amides is 1. The second-order valence-corrected chi connectivity index (χ2v) is 5.98. The molecule has 0 aromatic heterocycles. The quantitative estimate of drug-likeness (QED) is 0.834. The Morgan fingerprint density at radius 3 is 2.50 bits per heavy atom. The van der Waals surface area contributed by atoms with Crippen LogP contribution in [0.5, 0.6) is 5.75 Å². The maximum Gasteiger partial charge on any atom is 0.225 e. The van der Waals surface area contributed by atoms with E-state index in [4.69, 9.17) is 4.74 Å². The molecular weight excluding hydrogens is 342 g/mol. The van der Waals surface area contributed by atoms with Gasteiger partial charge in [0, 0.05) is 10.0 Å². The Morgan fingerprint density at radius 1 is 1.18 bits per heavy atom. The van der Waals surface area contributed by atoms with Crippen LogP contribution in [-0.2, 0) is 11.2 Å². The molecule has 1 unspecified atom stereocenters. The molecule has 1 atom stereocenters. The Morgan fingerprint density at radius 2 is 1.86 bits per heavy atom. The minimum absolute atomic E-state index is 0.000677. The lowest BCUT2D eigenvalue weighted by Gasteiger charge is -2.18. The number of halogens is 1. The van der Waals surface area contributed by atoms with E-state index in [1.165, 1.54) is 0 Å². The van der Waals surface area contributed by atoms with E-state index in [2.05, 4.69) is 28.2 Å². The fourth-order valence-corrected chi connectivity index (χ4v) is 2.65. The van der Waals surface area contributed by atoms with Crippen molar-refractivity contribution in [1.82, 2.24) is 5.32 Å². The third-order valence-electron chi connectivity index (χ3n) is 3.56. The van der Waals surface area contributed by atoms with Crippen molar-refractivity contribution >= 4 is 21.8 Å². The molecule has 0 saturated carbocycles. The van der Waals surface area contributed by atoms with E-state index in [0.29, 0.717) is 6.42 Å². The van der Waals surface area contributed by atoms with E-state index in [1.807, 2.05) is 48.5 Å². The Balaban J connectivity index is 2.05. The molecular formula is C18H20BrNO2. The molecule has 2 aromatic rings. The average Bonchev–Trinajstić information content (AvgIpc) is 2.54. The van der Waals surface area contributed by atoms with E-state index >= 15 is 0 Å². The number of hydrogen-bond donors (Lipinski definition) is 1. The van der Waals surface area contributed by atoms with Crippen LogP contribution in [0.2, 0.25) is 0 Å². The summed E-state index contributed by atoms with van der Waals surface area (Å²) in [6.07, 6.45) is 1.16. The van der Waals surface area contributed by atoms with Gasteiger partial charge in [-0.2, -0.15) is 0 Å². The monoisotopic (exact) mass is 361 g/mol. The van der Waals surface area contributed by atoms with Crippen LogP contribution in [0.15, 0.2) is 53.0 Å². The lowest BCUT2D eigenvalue weighted by Crippen LogP contribution is -2.29. The van der Waals surface area contributed by atoms with Gasteiger partial charge in [0.2, 0.25) is 5.91 Å². The summed E-state index contributed by atoms with van der Waals surface area (Å²) in [5.41, 5.74) is 2.01. The summed E-state index contributed by atoms with van der Waals surface area (Å²) < 4.78 is 6.32. The number of benzene rings is 2. The first kappa shape index (κ1) is 16.6. The topological polar surface area (TPSA) is 38.3 Å². The predicted molar refractivity (Wildman–Crippen MR) is 92.0 cm³/mol. The number of carbonyl (C=O) groups is 1. The number of nitrogens with one attached hydrogen (secondary N) is 1. The SMILES string of the molecule is CCC(NC(=O)Cc1ccccc1OC)c1ccc(Br)cc1. The van der Waals surface area contributed by atoms with Crippen LogP contribution < -0.4 is 10.1 Å². The second-order valence-electron chi connectivity index (χ2n) is 5.07. The van der Waals surface area contributed by atoms with Crippen molar-refractivity contribution in [1.29, 1.82) is 0 Å². The number of rotatable bonds is 6. The molecule has 2 aromatic carbocycles. The van der Waals surface area contributed by atoms with Gasteiger partial charge < -0.3 is 10.1 Å². The molecule has 1 amide bonds. The number of para-hydroxylation sites is 1. The lowest BCUT2D eigenvalue weighted by atomic mass is 10.0. The summed E-state index contributed by atoms with van der Waals surface area (Å²) in [6.45, 7) is 2.07. The van der Waals surface area contributed by atoms with Gasteiger partial charge >= 0.3 is 0 Å². The van der Waals surface area contributed by atoms with Crippen LogP contribution in [0.25, 0.3) is 0 Å². The van der Waals surface area contributed by atoms with Gasteiger partial charge in [0.15, 0.2) is 0 Å². The maximum absolute atomic E-state index is 12.3. The van der Waals surface area contributed by atoms with E-state index in [1.54, 1.807) is 7.11 Å². The Kier molecular flexibility index (Phi) is 6.01. The minimum Gasteiger partial charge on any atom is -0.496 e. The second kappa shape index (κ2) is 7.99. The zero-order valence-electron chi connectivity index (χ0n) is 12.8. The van der Waals surface area contributed by atoms with Crippen LogP contribution in [0.4, 0.5) is 0 Å². The normalized spacial score (nSPS) is 11.8. The fourth-order valence-electron chi connectivity index (χ4n) is 2.38. The summed E-state index contributed by atoms with van der Waals surface area (Å²) in [4.78, 5) is 12.3. The molecule has 1 N–H and O–H groups in total. The molecule has 0 aliphatic heterocycles. The maximum atomic E-state index is 12.3. The molecule has 0 heterocycles. The first-order valence-corrected chi connectivity index (χ1v) is 8.10. The third kappa shape index (κ3) is 4.34. The molecule has 0 fully saturated rings. The van der Waals surface area contributed by atoms with Gasteiger partial charge in [0.05, 0.1) is 19.6 Å². The standard InChI is InChI=1S/C18H20BrNO2/c1-3-16(13-8-10-15(19)11-9-13)20-18(21)12-14-6-4-5-7-17(14)22-2/h4-11,16H,3,12H2,1-2H3,(H,20,21). The Labute approximate surface area is 139 Å². The van der Waals surface area contributed by atoms with Crippen molar-refractivity contribution in [2.45, 2.75) is 25.8 Å². The summed E-state index contributed by atoms with van der Waals surface area (Å²) in [5.74, 6) is 0.744. The van der Waals surface area contributed by atoms with E-state index in [0.717, 1.165) is 27.8 Å². The van der Waals surface area contributed by atoms with Crippen LogP contribution in [0.1, 0.15) is 30.5 Å². The highest BCUT2D eigenvalue weighted by atomic mass is 79.9. The summed E-state index contributed by atoms with van der Waals surface area (Å²) >= 11 is 3.43. The van der Waals surface area contributed by atoms with Crippen LogP contribution in [0, 0.1) is 0 Å². The average molecular weight is 362 g/mol. The van der Waals surface area contributed by atoms with E-state index < -0.39 is 0 Å². The molecule has 0 aliphatic carbocycles. The molecule has 116 valence electrons. The molecule has 0 aliphatic rings. The van der Waals surface area contributed by atoms with Gasteiger partial charge in [0.1, 0.15) is 5.75 Å². The van der Waals surface area contributed by atoms with Crippen molar-refractivity contribution in [3.05, 3.63) is 64.1 Å². The van der Waals surface area contributed by atoms with Crippen LogP contribution >= 0.6 is 15.9 Å². The molecule has 0 saturated heterocycles. The first-order valence-electron chi connectivity index (χ1n) is 7.30. The fraction of sp³-hybridized carbons (Fsp3) is 0.278. The van der Waals surface area contributed by atoms with Gasteiger partial charge in [-0.15, -0.1) is 0 Å². The van der Waals surface area contributed by atoms with Gasteiger partial charge in [-0.05, 0) is 30.2 Å². The zero-order chi connectivity index (χ0) is 15.9. The molecule has 3 nitrogen and oxygen atoms in total. The van der Waals surface area contributed by atoms with Crippen LogP contribution in [0.3, 0.4) is 0 Å². The highest BCUT2D eigenvalue weighted by Gasteiger charge is 2.14. The number of carbonyl (C=O) groups excluding carboxylic acids is 1. The predicted octanol–water partition coefficient (Wildman–Crippen LogP) is 4.27. The molecule has 2 rings (SSSR count). The van der Waals surface area contributed by atoms with Crippen LogP contribution in [-0.4, -0.2) is 13.0 Å². The molecule has 0 radical (unpaired) electrons. The van der Waals surface area contributed by atoms with E-state index in [9.17, 15) is 4.79 Å². The van der Waals surface area contributed by atoms with Gasteiger partial charge in [-0.1, -0.05) is 53.2 Å². The van der Waals surface area contributed by atoms with E-state index in [-0.39, 0.29) is 11.9 Å². The van der Waals surface area contributed by atoms with Gasteiger partial charge in [-0.3, -0.25) is 4.79 Å². The van der Waals surface area contributed by atoms with Crippen molar-refractivity contribution < 1.29 is 9.53 Å². The first-order chi connectivity index (χ1) is 10.6. The molecule has 4 heteroatoms. The van der Waals surface area contributed by atoms with Crippen molar-refractivity contribution in [3.8, 4) is 5.75 Å². The minimum atomic E-state index is -0.000677. The van der Waals surface area contributed by atoms with Gasteiger partial charge in [-0.25, -0.2) is 0 Å². The van der Waals surface area contributed by atoms with Gasteiger partial charge in [0.25, 0.3) is 0 Å². The molecule has 0 bridgehead atoms. The van der Waals surface area contributed by atoms with Crippen molar-refractivity contribution in [2.75, 3.05) is 7.11 Å². The molecule has 0 spiro atoms. The smallest absolute Gasteiger partial charge is 0.225 e. The summed E-state index contributed by atoms with van der Waals surface area (Å²) in [7, 11) is 1.62. The molecule has 22 heavy (non-hydrogen) atoms. The summed E-state index contributed by atoms with van der Waals surface area (Å²) in [6, 6.07) is 15.7. The lowest BCUT2D eigenvalue weighted by molar-refractivity contribution is -0.121. The third-order valence-corrected chi connectivity index (χ3v) is 4.09. The number of ether oxygens (including phenoxy) is 1. The Bertz CT molecular complexity index is 625. The highest BCUT2D eigenvalue weighted by molar-refractivity contribution is 9.10. The number of methoxy groups -OCH3 is 1. The van der Waals surface area contributed by atoms with Crippen molar-refractivity contribution in [2.24, 2.45) is 0 Å².